The number of nitrogens with zero attached hydrogens (tertiary/aromatic N) is 1. The maximum absolute atomic E-state index is 12.4. The zero-order valence-electron chi connectivity index (χ0n) is 14.7. The lowest BCUT2D eigenvalue weighted by Gasteiger charge is -2.15. The summed E-state index contributed by atoms with van der Waals surface area (Å²) in [5.74, 6) is -0.238. The highest BCUT2D eigenvalue weighted by atomic mass is 35.5. The summed E-state index contributed by atoms with van der Waals surface area (Å²) in [6.45, 7) is 1.71. The van der Waals surface area contributed by atoms with Gasteiger partial charge in [0.15, 0.2) is 0 Å². The lowest BCUT2D eigenvalue weighted by atomic mass is 10.1. The van der Waals surface area contributed by atoms with E-state index in [4.69, 9.17) is 23.2 Å². The van der Waals surface area contributed by atoms with Crippen molar-refractivity contribution in [2.45, 2.75) is 24.7 Å². The van der Waals surface area contributed by atoms with E-state index >= 15 is 0 Å². The molecule has 5 nitrogen and oxygen atoms in total. The number of hydrogen-bond donors (Lipinski definition) is 1. The molecule has 2 aromatic rings. The van der Waals surface area contributed by atoms with Crippen LogP contribution in [-0.2, 0) is 21.2 Å². The summed E-state index contributed by atoms with van der Waals surface area (Å²) in [5, 5.41) is 3.61. The lowest BCUT2D eigenvalue weighted by Crippen LogP contribution is -2.23. The topological polar surface area (TPSA) is 66.5 Å². The van der Waals surface area contributed by atoms with Crippen LogP contribution in [0.1, 0.15) is 17.5 Å². The van der Waals surface area contributed by atoms with Crippen molar-refractivity contribution in [3.63, 3.8) is 0 Å². The first-order valence-corrected chi connectivity index (χ1v) is 10.1. The van der Waals surface area contributed by atoms with Gasteiger partial charge in [-0.3, -0.25) is 4.79 Å². The monoisotopic (exact) mass is 414 g/mol. The van der Waals surface area contributed by atoms with Gasteiger partial charge in [-0.05, 0) is 42.7 Å². The highest BCUT2D eigenvalue weighted by Gasteiger charge is 2.20. The Morgan fingerprint density at radius 2 is 1.85 bits per heavy atom. The Morgan fingerprint density at radius 1 is 1.15 bits per heavy atom. The molecule has 26 heavy (non-hydrogen) atoms. The molecule has 0 aromatic heterocycles. The van der Waals surface area contributed by atoms with Gasteiger partial charge in [0.05, 0.1) is 14.9 Å². The number of amides is 1. The third-order valence-electron chi connectivity index (χ3n) is 3.88. The molecule has 2 rings (SSSR count). The molecule has 1 N–H and O–H groups in total. The van der Waals surface area contributed by atoms with Crippen molar-refractivity contribution in [3.8, 4) is 0 Å². The van der Waals surface area contributed by atoms with Gasteiger partial charge in [-0.15, -0.1) is 0 Å². The van der Waals surface area contributed by atoms with Crippen LogP contribution < -0.4 is 5.32 Å². The third-order valence-corrected chi connectivity index (χ3v) is 6.70. The minimum Gasteiger partial charge on any atom is -0.326 e. The summed E-state index contributed by atoms with van der Waals surface area (Å²) in [6, 6.07) is 10.1. The Balaban J connectivity index is 2.11. The zero-order chi connectivity index (χ0) is 19.5. The molecule has 0 saturated carbocycles. The van der Waals surface area contributed by atoms with Crippen LogP contribution in [0.2, 0.25) is 10.0 Å². The summed E-state index contributed by atoms with van der Waals surface area (Å²) in [5.41, 5.74) is 1.83. The van der Waals surface area contributed by atoms with E-state index in [1.165, 1.54) is 20.2 Å². The molecule has 0 aliphatic rings. The fourth-order valence-electron chi connectivity index (χ4n) is 2.37. The molecule has 0 spiro atoms. The van der Waals surface area contributed by atoms with E-state index in [-0.39, 0.29) is 17.2 Å². The molecule has 0 radical (unpaired) electrons. The van der Waals surface area contributed by atoms with Crippen LogP contribution in [0.25, 0.3) is 0 Å². The first-order chi connectivity index (χ1) is 12.1. The molecule has 0 atom stereocenters. The normalized spacial score (nSPS) is 11.6. The predicted molar refractivity (Wildman–Crippen MR) is 105 cm³/mol. The zero-order valence-corrected chi connectivity index (χ0v) is 17.0. The highest BCUT2D eigenvalue weighted by Crippen LogP contribution is 2.27. The van der Waals surface area contributed by atoms with Crippen molar-refractivity contribution >= 4 is 44.8 Å². The van der Waals surface area contributed by atoms with Gasteiger partial charge in [-0.1, -0.05) is 41.4 Å². The van der Waals surface area contributed by atoms with Gasteiger partial charge in [0.1, 0.15) is 0 Å². The SMILES string of the molecule is Cc1ccc(NC(=O)CCc2cccc(Cl)c2Cl)cc1S(=O)(=O)N(C)C. The average molecular weight is 415 g/mol. The minimum atomic E-state index is -3.58. The molecular weight excluding hydrogens is 395 g/mol. The summed E-state index contributed by atoms with van der Waals surface area (Å²) >= 11 is 12.1. The number of carbonyl (C=O) groups is 1. The van der Waals surface area contributed by atoms with E-state index in [0.717, 1.165) is 9.87 Å². The average Bonchev–Trinajstić information content (AvgIpc) is 2.57. The Hall–Kier alpha value is -1.60. The molecule has 2 aromatic carbocycles. The number of hydrogen-bond acceptors (Lipinski definition) is 3. The summed E-state index contributed by atoms with van der Waals surface area (Å²) in [7, 11) is -0.648. The number of carbonyl (C=O) groups excluding carboxylic acids is 1. The molecule has 8 heteroatoms. The number of aryl methyl sites for hydroxylation is 2. The molecule has 0 unspecified atom stereocenters. The van der Waals surface area contributed by atoms with Crippen LogP contribution in [0.3, 0.4) is 0 Å². The molecular formula is C18H20Cl2N2O3S. The molecule has 0 bridgehead atoms. The quantitative estimate of drug-likeness (QED) is 0.772. The fourth-order valence-corrected chi connectivity index (χ4v) is 3.92. The number of halogens is 2. The number of benzene rings is 2. The maximum atomic E-state index is 12.4. The molecule has 0 aliphatic carbocycles. The van der Waals surface area contributed by atoms with Crippen molar-refractivity contribution in [1.82, 2.24) is 4.31 Å². The molecule has 0 saturated heterocycles. The maximum Gasteiger partial charge on any atom is 0.242 e. The fraction of sp³-hybridized carbons (Fsp3) is 0.278. The molecule has 1 amide bonds. The first kappa shape index (κ1) is 20.7. The summed E-state index contributed by atoms with van der Waals surface area (Å²) < 4.78 is 25.9. The third kappa shape index (κ3) is 4.76. The van der Waals surface area contributed by atoms with Crippen LogP contribution in [0, 0.1) is 6.92 Å². The first-order valence-electron chi connectivity index (χ1n) is 7.89. The summed E-state index contributed by atoms with van der Waals surface area (Å²) in [4.78, 5) is 12.4. The number of anilines is 1. The molecule has 0 aliphatic heterocycles. The second kappa shape index (κ2) is 8.39. The van der Waals surface area contributed by atoms with Crippen LogP contribution in [0.5, 0.6) is 0 Å². The van der Waals surface area contributed by atoms with Crippen molar-refractivity contribution < 1.29 is 13.2 Å². The van der Waals surface area contributed by atoms with Crippen LogP contribution in [0.15, 0.2) is 41.3 Å². The highest BCUT2D eigenvalue weighted by molar-refractivity contribution is 7.89. The summed E-state index contributed by atoms with van der Waals surface area (Å²) in [6.07, 6.45) is 0.629. The van der Waals surface area contributed by atoms with Crippen LogP contribution in [0.4, 0.5) is 5.69 Å². The van der Waals surface area contributed by atoms with Gasteiger partial charge in [0.2, 0.25) is 15.9 Å². The Morgan fingerprint density at radius 3 is 2.50 bits per heavy atom. The molecule has 0 fully saturated rings. The second-order valence-corrected chi connectivity index (χ2v) is 8.93. The van der Waals surface area contributed by atoms with Crippen molar-refractivity contribution in [2.24, 2.45) is 0 Å². The van der Waals surface area contributed by atoms with E-state index in [1.807, 2.05) is 6.07 Å². The van der Waals surface area contributed by atoms with Gasteiger partial charge < -0.3 is 5.32 Å². The van der Waals surface area contributed by atoms with E-state index in [2.05, 4.69) is 5.32 Å². The van der Waals surface area contributed by atoms with E-state index in [9.17, 15) is 13.2 Å². The predicted octanol–water partition coefficient (Wildman–Crippen LogP) is 4.12. The van der Waals surface area contributed by atoms with Gasteiger partial charge in [0, 0.05) is 26.2 Å². The van der Waals surface area contributed by atoms with Gasteiger partial charge in [-0.2, -0.15) is 0 Å². The van der Waals surface area contributed by atoms with E-state index in [0.29, 0.717) is 27.7 Å². The van der Waals surface area contributed by atoms with Gasteiger partial charge in [-0.25, -0.2) is 12.7 Å². The minimum absolute atomic E-state index is 0.165. The number of sulfonamides is 1. The van der Waals surface area contributed by atoms with E-state index < -0.39 is 10.0 Å². The van der Waals surface area contributed by atoms with E-state index in [1.54, 1.807) is 31.2 Å². The van der Waals surface area contributed by atoms with Crippen molar-refractivity contribution in [2.75, 3.05) is 19.4 Å². The van der Waals surface area contributed by atoms with Crippen molar-refractivity contribution in [3.05, 3.63) is 57.6 Å². The number of rotatable bonds is 6. The number of nitrogens with one attached hydrogen (secondary N) is 1. The lowest BCUT2D eigenvalue weighted by molar-refractivity contribution is -0.116. The standard InChI is InChI=1S/C18H20Cl2N2O3S/c1-12-7-9-14(11-16(12)26(24,25)22(2)3)21-17(23)10-8-13-5-4-6-15(19)18(13)20/h4-7,9,11H,8,10H2,1-3H3,(H,21,23). The molecule has 0 heterocycles. The van der Waals surface area contributed by atoms with Crippen LogP contribution >= 0.6 is 23.2 Å². The Bertz CT molecular complexity index is 928. The largest absolute Gasteiger partial charge is 0.326 e. The van der Waals surface area contributed by atoms with Gasteiger partial charge >= 0.3 is 0 Å². The second-order valence-electron chi connectivity index (χ2n) is 6.03. The van der Waals surface area contributed by atoms with Crippen molar-refractivity contribution in [1.29, 1.82) is 0 Å². The smallest absolute Gasteiger partial charge is 0.242 e. The van der Waals surface area contributed by atoms with Gasteiger partial charge in [0.25, 0.3) is 0 Å². The van der Waals surface area contributed by atoms with Crippen LogP contribution in [-0.4, -0.2) is 32.7 Å². The Labute approximate surface area is 164 Å². The molecule has 140 valence electrons. The Kier molecular flexibility index (Phi) is 6.69.